The van der Waals surface area contributed by atoms with Gasteiger partial charge < -0.3 is 5.32 Å². The minimum Gasteiger partial charge on any atom is -0.310 e. The molecule has 15 heavy (non-hydrogen) atoms. The molecule has 0 spiro atoms. The molecule has 86 valence electrons. The maximum atomic E-state index is 5.73. The monoisotopic (exact) mass is 246 g/mol. The minimum absolute atomic E-state index is 0.635. The highest BCUT2D eigenvalue weighted by Crippen LogP contribution is 2.09. The van der Waals surface area contributed by atoms with Gasteiger partial charge in [-0.05, 0) is 32.2 Å². The van der Waals surface area contributed by atoms with Crippen LogP contribution in [0.4, 0.5) is 0 Å². The third-order valence-electron chi connectivity index (χ3n) is 2.26. The number of aryl methyl sites for hydroxylation is 1. The van der Waals surface area contributed by atoms with Crippen LogP contribution in [0.15, 0.2) is 5.38 Å². The summed E-state index contributed by atoms with van der Waals surface area (Å²) in [5.74, 6) is 1.40. The summed E-state index contributed by atoms with van der Waals surface area (Å²) >= 11 is 7.46. The van der Waals surface area contributed by atoms with E-state index in [1.54, 1.807) is 11.3 Å². The van der Waals surface area contributed by atoms with Crippen molar-refractivity contribution in [3.05, 3.63) is 16.1 Å². The number of thiazole rings is 1. The predicted molar refractivity (Wildman–Crippen MR) is 67.7 cm³/mol. The van der Waals surface area contributed by atoms with Gasteiger partial charge in [-0.2, -0.15) is 0 Å². The third kappa shape index (κ3) is 5.50. The van der Waals surface area contributed by atoms with Crippen LogP contribution in [0.25, 0.3) is 0 Å². The molecule has 1 unspecified atom stereocenters. The Labute approximate surface area is 101 Å². The summed E-state index contributed by atoms with van der Waals surface area (Å²) in [5.41, 5.74) is 1.12. The van der Waals surface area contributed by atoms with Crippen LogP contribution < -0.4 is 5.32 Å². The molecule has 1 aromatic heterocycles. The van der Waals surface area contributed by atoms with E-state index in [0.717, 1.165) is 24.7 Å². The number of hydrogen-bond donors (Lipinski definition) is 1. The number of nitrogens with one attached hydrogen (secondary N) is 1. The van der Waals surface area contributed by atoms with Gasteiger partial charge in [-0.3, -0.25) is 0 Å². The molecule has 1 rings (SSSR count). The molecule has 0 saturated carbocycles. The van der Waals surface area contributed by atoms with Gasteiger partial charge in [0.15, 0.2) is 0 Å². The first-order chi connectivity index (χ1) is 7.22. The summed E-state index contributed by atoms with van der Waals surface area (Å²) in [6.07, 6.45) is 2.39. The van der Waals surface area contributed by atoms with Gasteiger partial charge in [-0.1, -0.05) is 6.92 Å². The van der Waals surface area contributed by atoms with Crippen LogP contribution >= 0.6 is 22.9 Å². The fourth-order valence-electron chi connectivity index (χ4n) is 1.33. The zero-order valence-electron chi connectivity index (χ0n) is 9.42. The van der Waals surface area contributed by atoms with Crippen LogP contribution in [-0.4, -0.2) is 17.4 Å². The maximum Gasteiger partial charge on any atom is 0.107 e. The van der Waals surface area contributed by atoms with Crippen molar-refractivity contribution in [2.45, 2.75) is 33.2 Å². The normalized spacial score (nSPS) is 13.0. The number of rotatable bonds is 7. The second-order valence-electron chi connectivity index (χ2n) is 3.96. The number of halogens is 1. The Bertz CT molecular complexity index is 275. The Morgan fingerprint density at radius 2 is 2.40 bits per heavy atom. The summed E-state index contributed by atoms with van der Waals surface area (Å²) in [4.78, 5) is 4.39. The molecule has 0 aliphatic heterocycles. The lowest BCUT2D eigenvalue weighted by Crippen LogP contribution is -2.15. The van der Waals surface area contributed by atoms with Gasteiger partial charge in [-0.15, -0.1) is 22.9 Å². The van der Waals surface area contributed by atoms with Crippen molar-refractivity contribution in [1.82, 2.24) is 10.3 Å². The topological polar surface area (TPSA) is 24.9 Å². The fraction of sp³-hybridized carbons (Fsp3) is 0.727. The van der Waals surface area contributed by atoms with Crippen LogP contribution in [-0.2, 0) is 6.54 Å². The molecule has 1 aromatic rings. The third-order valence-corrected chi connectivity index (χ3v) is 3.75. The van der Waals surface area contributed by atoms with E-state index < -0.39 is 0 Å². The number of aromatic nitrogens is 1. The van der Waals surface area contributed by atoms with Gasteiger partial charge in [-0.25, -0.2) is 4.98 Å². The van der Waals surface area contributed by atoms with Gasteiger partial charge in [0.25, 0.3) is 0 Å². The Kier molecular flexibility index (Phi) is 6.22. The molecule has 0 aliphatic rings. The van der Waals surface area contributed by atoms with Crippen molar-refractivity contribution < 1.29 is 0 Å². The molecular weight excluding hydrogens is 228 g/mol. The van der Waals surface area contributed by atoms with Crippen molar-refractivity contribution in [3.8, 4) is 0 Å². The highest BCUT2D eigenvalue weighted by atomic mass is 35.5. The smallest absolute Gasteiger partial charge is 0.107 e. The number of nitrogens with zero attached hydrogens (tertiary/aromatic N) is 1. The van der Waals surface area contributed by atoms with Crippen LogP contribution in [0.3, 0.4) is 0 Å². The fourth-order valence-corrected chi connectivity index (χ4v) is 2.23. The Balaban J connectivity index is 2.02. The number of alkyl halides is 1. The molecule has 0 bridgehead atoms. The van der Waals surface area contributed by atoms with E-state index in [0.29, 0.717) is 5.92 Å². The molecular formula is C11H19ClN2S. The lowest BCUT2D eigenvalue weighted by molar-refractivity contribution is 0.531. The van der Waals surface area contributed by atoms with E-state index in [-0.39, 0.29) is 0 Å². The van der Waals surface area contributed by atoms with Crippen molar-refractivity contribution in [2.24, 2.45) is 5.92 Å². The average Bonchev–Trinajstić information content (AvgIpc) is 2.63. The van der Waals surface area contributed by atoms with Crippen molar-refractivity contribution >= 4 is 22.9 Å². The Morgan fingerprint density at radius 1 is 1.60 bits per heavy atom. The van der Waals surface area contributed by atoms with Gasteiger partial charge in [0.1, 0.15) is 5.01 Å². The van der Waals surface area contributed by atoms with E-state index >= 15 is 0 Å². The average molecular weight is 247 g/mol. The SMILES string of the molecule is Cc1csc(CNCCCC(C)CCl)n1. The van der Waals surface area contributed by atoms with E-state index in [4.69, 9.17) is 11.6 Å². The quantitative estimate of drug-likeness (QED) is 0.591. The van der Waals surface area contributed by atoms with Gasteiger partial charge >= 0.3 is 0 Å². The summed E-state index contributed by atoms with van der Waals surface area (Å²) in [6.45, 7) is 6.17. The largest absolute Gasteiger partial charge is 0.310 e. The molecule has 0 aliphatic carbocycles. The minimum atomic E-state index is 0.635. The zero-order chi connectivity index (χ0) is 11.1. The highest BCUT2D eigenvalue weighted by molar-refractivity contribution is 7.09. The molecule has 1 N–H and O–H groups in total. The molecule has 0 fully saturated rings. The van der Waals surface area contributed by atoms with Crippen LogP contribution in [0.2, 0.25) is 0 Å². The first-order valence-corrected chi connectivity index (χ1v) is 6.81. The lowest BCUT2D eigenvalue weighted by atomic mass is 10.1. The second kappa shape index (κ2) is 7.20. The predicted octanol–water partition coefficient (Wildman–Crippen LogP) is 3.20. The molecule has 2 nitrogen and oxygen atoms in total. The second-order valence-corrected chi connectivity index (χ2v) is 5.21. The van der Waals surface area contributed by atoms with Crippen LogP contribution in [0, 0.1) is 12.8 Å². The molecule has 1 atom stereocenters. The molecule has 4 heteroatoms. The van der Waals surface area contributed by atoms with Gasteiger partial charge in [0.05, 0.1) is 0 Å². The van der Waals surface area contributed by atoms with Gasteiger partial charge in [0.2, 0.25) is 0 Å². The molecule has 0 radical (unpaired) electrons. The molecule has 0 aromatic carbocycles. The van der Waals surface area contributed by atoms with Crippen molar-refractivity contribution in [1.29, 1.82) is 0 Å². The Hall–Kier alpha value is -0.120. The summed E-state index contributed by atoms with van der Waals surface area (Å²) in [7, 11) is 0. The van der Waals surface area contributed by atoms with Crippen LogP contribution in [0.1, 0.15) is 30.5 Å². The van der Waals surface area contributed by atoms with E-state index in [1.165, 1.54) is 17.8 Å². The summed E-state index contributed by atoms with van der Waals surface area (Å²) < 4.78 is 0. The first-order valence-electron chi connectivity index (χ1n) is 5.40. The Morgan fingerprint density at radius 3 is 3.00 bits per heavy atom. The molecule has 0 saturated heterocycles. The zero-order valence-corrected chi connectivity index (χ0v) is 11.0. The highest BCUT2D eigenvalue weighted by Gasteiger charge is 2.00. The number of hydrogen-bond acceptors (Lipinski definition) is 3. The van der Waals surface area contributed by atoms with Crippen molar-refractivity contribution in [2.75, 3.05) is 12.4 Å². The van der Waals surface area contributed by atoms with Crippen LogP contribution in [0.5, 0.6) is 0 Å². The summed E-state index contributed by atoms with van der Waals surface area (Å²) in [6, 6.07) is 0. The molecule has 0 amide bonds. The first kappa shape index (κ1) is 12.9. The summed E-state index contributed by atoms with van der Waals surface area (Å²) in [5, 5.41) is 6.67. The van der Waals surface area contributed by atoms with E-state index in [1.807, 2.05) is 6.92 Å². The lowest BCUT2D eigenvalue weighted by Gasteiger charge is -2.06. The molecule has 1 heterocycles. The maximum absolute atomic E-state index is 5.73. The standard InChI is InChI=1S/C11H19ClN2S/c1-9(6-12)4-3-5-13-7-11-14-10(2)8-15-11/h8-9,13H,3-7H2,1-2H3. The van der Waals surface area contributed by atoms with E-state index in [2.05, 4.69) is 22.6 Å². The van der Waals surface area contributed by atoms with Crippen molar-refractivity contribution in [3.63, 3.8) is 0 Å². The van der Waals surface area contributed by atoms with E-state index in [9.17, 15) is 0 Å². The van der Waals surface area contributed by atoms with Gasteiger partial charge in [0, 0.05) is 23.5 Å².